The molecule has 4 amide bonds. The zero-order valence-electron chi connectivity index (χ0n) is 28.2. The molecule has 6 unspecified atom stereocenters. The van der Waals surface area contributed by atoms with Crippen molar-refractivity contribution in [1.82, 2.24) is 20.9 Å². The molecule has 0 spiro atoms. The van der Waals surface area contributed by atoms with Crippen LogP contribution in [-0.2, 0) is 38.4 Å². The molecule has 1 fully saturated rings. The second-order valence-corrected chi connectivity index (χ2v) is 15.7. The average Bonchev–Trinajstić information content (AvgIpc) is 3.59. The van der Waals surface area contributed by atoms with E-state index >= 15 is 0 Å². The molecular formula is C37H44N4O7S2. The van der Waals surface area contributed by atoms with Gasteiger partial charge in [0.05, 0.1) is 30.5 Å². The van der Waals surface area contributed by atoms with E-state index in [1.807, 2.05) is 68.4 Å². The Hall–Kier alpha value is -4.04. The summed E-state index contributed by atoms with van der Waals surface area (Å²) in [5.74, 6) is -1.91. The third-order valence-electron chi connectivity index (χ3n) is 9.17. The van der Waals surface area contributed by atoms with Crippen molar-refractivity contribution in [3.63, 3.8) is 0 Å². The Balaban J connectivity index is 1.34. The number of amides is 4. The van der Waals surface area contributed by atoms with Gasteiger partial charge >= 0.3 is 0 Å². The van der Waals surface area contributed by atoms with Crippen molar-refractivity contribution in [1.29, 1.82) is 0 Å². The van der Waals surface area contributed by atoms with Crippen LogP contribution in [0.5, 0.6) is 5.75 Å². The summed E-state index contributed by atoms with van der Waals surface area (Å²) in [6, 6.07) is 19.4. The molecule has 0 bridgehead atoms. The molecule has 1 heterocycles. The SMILES string of the molecule is CSCC(NC(=O)Cc1ccccc1O)C(=O)NC(Cc1ccccc1)C(O)C(=O)N1CSC(C)(C)C1C(=O)NC1c2ccccc2CC1O. The van der Waals surface area contributed by atoms with Crippen LogP contribution in [-0.4, -0.2) is 96.8 Å². The van der Waals surface area contributed by atoms with Crippen molar-refractivity contribution in [3.8, 4) is 5.75 Å². The number of phenolic OH excluding ortho intramolecular Hbond substituents is 1. The predicted octanol–water partition coefficient (Wildman–Crippen LogP) is 2.33. The molecule has 1 aliphatic heterocycles. The number of carbonyl (C=O) groups is 4. The second kappa shape index (κ2) is 16.3. The normalized spacial score (nSPS) is 21.1. The molecule has 3 aromatic rings. The molecule has 5 rings (SSSR count). The zero-order chi connectivity index (χ0) is 36.0. The fraction of sp³-hybridized carbons (Fsp3) is 0.405. The minimum absolute atomic E-state index is 0.0300. The molecule has 6 atom stereocenters. The summed E-state index contributed by atoms with van der Waals surface area (Å²) in [6.45, 7) is 3.71. The maximum absolute atomic E-state index is 14.2. The smallest absolute Gasteiger partial charge is 0.254 e. The number of aliphatic hydroxyl groups is 2. The van der Waals surface area contributed by atoms with Gasteiger partial charge in [-0.2, -0.15) is 11.8 Å². The molecule has 50 heavy (non-hydrogen) atoms. The lowest BCUT2D eigenvalue weighted by atomic mass is 9.96. The van der Waals surface area contributed by atoms with Gasteiger partial charge in [-0.05, 0) is 49.3 Å². The van der Waals surface area contributed by atoms with Gasteiger partial charge in [-0.1, -0.05) is 72.8 Å². The van der Waals surface area contributed by atoms with Crippen molar-refractivity contribution in [2.24, 2.45) is 0 Å². The molecule has 2 aliphatic rings. The van der Waals surface area contributed by atoms with Gasteiger partial charge < -0.3 is 36.2 Å². The van der Waals surface area contributed by atoms with Gasteiger partial charge in [-0.25, -0.2) is 0 Å². The molecule has 0 radical (unpaired) electrons. The molecule has 266 valence electrons. The third kappa shape index (κ3) is 8.63. The highest BCUT2D eigenvalue weighted by Crippen LogP contribution is 2.41. The zero-order valence-corrected chi connectivity index (χ0v) is 29.9. The number of hydrogen-bond acceptors (Lipinski definition) is 9. The van der Waals surface area contributed by atoms with Crippen LogP contribution in [0.3, 0.4) is 0 Å². The van der Waals surface area contributed by atoms with E-state index in [1.54, 1.807) is 24.5 Å². The Kier molecular flexibility index (Phi) is 12.2. The summed E-state index contributed by atoms with van der Waals surface area (Å²) in [5.41, 5.74) is 2.94. The Labute approximate surface area is 300 Å². The fourth-order valence-electron chi connectivity index (χ4n) is 6.56. The van der Waals surface area contributed by atoms with Crippen LogP contribution in [0.2, 0.25) is 0 Å². The average molecular weight is 721 g/mol. The maximum atomic E-state index is 14.2. The van der Waals surface area contributed by atoms with E-state index in [2.05, 4.69) is 16.0 Å². The van der Waals surface area contributed by atoms with Crippen molar-refractivity contribution in [3.05, 3.63) is 101 Å². The molecule has 11 nitrogen and oxygen atoms in total. The lowest BCUT2D eigenvalue weighted by molar-refractivity contribution is -0.148. The van der Waals surface area contributed by atoms with Gasteiger partial charge in [0, 0.05) is 22.5 Å². The number of nitrogens with one attached hydrogen (secondary N) is 3. The number of nitrogens with zero attached hydrogens (tertiary/aromatic N) is 1. The number of fused-ring (bicyclic) bond motifs is 1. The van der Waals surface area contributed by atoms with Gasteiger partial charge in [-0.3, -0.25) is 19.2 Å². The lowest BCUT2D eigenvalue weighted by Gasteiger charge is -2.34. The Morgan fingerprint density at radius 2 is 1.66 bits per heavy atom. The van der Waals surface area contributed by atoms with E-state index in [-0.39, 0.29) is 30.2 Å². The molecule has 0 saturated carbocycles. The van der Waals surface area contributed by atoms with Crippen molar-refractivity contribution in [2.75, 3.05) is 17.9 Å². The quantitative estimate of drug-likeness (QED) is 0.155. The van der Waals surface area contributed by atoms with Crippen LogP contribution < -0.4 is 16.0 Å². The number of hydrogen-bond donors (Lipinski definition) is 6. The first-order valence-electron chi connectivity index (χ1n) is 16.5. The van der Waals surface area contributed by atoms with Crippen LogP contribution in [0.25, 0.3) is 0 Å². The summed E-state index contributed by atoms with van der Waals surface area (Å²) >= 11 is 2.74. The third-order valence-corrected chi connectivity index (χ3v) is 11.2. The largest absolute Gasteiger partial charge is 0.508 e. The lowest BCUT2D eigenvalue weighted by Crippen LogP contribution is -2.60. The highest BCUT2D eigenvalue weighted by molar-refractivity contribution is 8.00. The summed E-state index contributed by atoms with van der Waals surface area (Å²) in [5, 5.41) is 41.1. The van der Waals surface area contributed by atoms with Crippen LogP contribution in [0.1, 0.15) is 42.1 Å². The minimum Gasteiger partial charge on any atom is -0.508 e. The van der Waals surface area contributed by atoms with E-state index in [9.17, 15) is 34.5 Å². The van der Waals surface area contributed by atoms with Crippen LogP contribution >= 0.6 is 23.5 Å². The maximum Gasteiger partial charge on any atom is 0.254 e. The summed E-state index contributed by atoms with van der Waals surface area (Å²) in [7, 11) is 0. The molecule has 1 aliphatic carbocycles. The summed E-state index contributed by atoms with van der Waals surface area (Å²) < 4.78 is -0.721. The van der Waals surface area contributed by atoms with E-state index in [0.29, 0.717) is 12.0 Å². The first-order valence-corrected chi connectivity index (χ1v) is 18.9. The topological polar surface area (TPSA) is 168 Å². The van der Waals surface area contributed by atoms with Gasteiger partial charge in [0.15, 0.2) is 6.10 Å². The second-order valence-electron chi connectivity index (χ2n) is 13.2. The number of para-hydroxylation sites is 1. The molecular weight excluding hydrogens is 677 g/mol. The number of carbonyl (C=O) groups excluding carboxylic acids is 4. The Morgan fingerprint density at radius 3 is 2.38 bits per heavy atom. The number of aromatic hydroxyl groups is 1. The van der Waals surface area contributed by atoms with Crippen LogP contribution in [0, 0.1) is 0 Å². The number of thioether (sulfide) groups is 2. The van der Waals surface area contributed by atoms with Crippen LogP contribution in [0.4, 0.5) is 0 Å². The monoisotopic (exact) mass is 720 g/mol. The van der Waals surface area contributed by atoms with Gasteiger partial charge in [0.2, 0.25) is 17.7 Å². The minimum atomic E-state index is -1.73. The highest BCUT2D eigenvalue weighted by atomic mass is 32.2. The van der Waals surface area contributed by atoms with E-state index < -0.39 is 64.8 Å². The van der Waals surface area contributed by atoms with E-state index in [0.717, 1.165) is 16.7 Å². The Bertz CT molecular complexity index is 1690. The molecule has 1 saturated heterocycles. The first-order chi connectivity index (χ1) is 23.9. The molecule has 0 aromatic heterocycles. The number of aliphatic hydroxyl groups excluding tert-OH is 2. The van der Waals surface area contributed by atoms with Gasteiger partial charge in [0.1, 0.15) is 17.8 Å². The number of rotatable bonds is 13. The summed E-state index contributed by atoms with van der Waals surface area (Å²) in [4.78, 5) is 56.1. The van der Waals surface area contributed by atoms with E-state index in [1.165, 1.54) is 34.5 Å². The van der Waals surface area contributed by atoms with Crippen molar-refractivity contribution >= 4 is 47.2 Å². The van der Waals surface area contributed by atoms with Gasteiger partial charge in [0.25, 0.3) is 5.91 Å². The van der Waals surface area contributed by atoms with Crippen molar-refractivity contribution < 1.29 is 34.5 Å². The number of phenols is 1. The Morgan fingerprint density at radius 1 is 0.980 bits per heavy atom. The molecule has 13 heteroatoms. The van der Waals surface area contributed by atoms with Crippen molar-refractivity contribution in [2.45, 2.75) is 74.2 Å². The van der Waals surface area contributed by atoms with Gasteiger partial charge in [-0.15, -0.1) is 11.8 Å². The standard InChI is InChI=1S/C37H44N4O7S2/c1-37(2)33(35(47)40-31-25-15-9-7-13-23(25)18-29(31)43)41(21-50-37)36(48)32(45)26(17-22-11-5-4-6-12-22)39-34(46)27(20-49-3)38-30(44)19-24-14-8-10-16-28(24)42/h4-16,26-27,29,31-33,42-43,45H,17-21H2,1-3H3,(H,38,44)(H,39,46)(H,40,47). The molecule has 6 N–H and O–H groups in total. The number of benzene rings is 3. The summed E-state index contributed by atoms with van der Waals surface area (Å²) in [6.07, 6.45) is -0.399. The van der Waals surface area contributed by atoms with Crippen LogP contribution in [0.15, 0.2) is 78.9 Å². The fourth-order valence-corrected chi connectivity index (χ4v) is 8.26. The first kappa shape index (κ1) is 37.2. The van der Waals surface area contributed by atoms with E-state index in [4.69, 9.17) is 0 Å². The highest BCUT2D eigenvalue weighted by Gasteiger charge is 2.51. The molecule has 3 aromatic carbocycles. The predicted molar refractivity (Wildman–Crippen MR) is 194 cm³/mol.